The number of nitrogens with zero attached hydrogens (tertiary/aromatic N) is 2. The summed E-state index contributed by atoms with van der Waals surface area (Å²) in [7, 11) is 0. The lowest BCUT2D eigenvalue weighted by atomic mass is 9.95. The van der Waals surface area contributed by atoms with Crippen molar-refractivity contribution in [2.75, 3.05) is 26.2 Å². The van der Waals surface area contributed by atoms with Crippen LogP contribution in [0.15, 0.2) is 64.3 Å². The van der Waals surface area contributed by atoms with Crippen molar-refractivity contribution in [3.8, 4) is 5.75 Å². The van der Waals surface area contributed by atoms with Crippen LogP contribution in [0.5, 0.6) is 5.75 Å². The average Bonchev–Trinajstić information content (AvgIpc) is 3.33. The lowest BCUT2D eigenvalue weighted by molar-refractivity contribution is -0.129. The van der Waals surface area contributed by atoms with Gasteiger partial charge in [-0.25, -0.2) is 0 Å². The minimum Gasteiger partial charge on any atom is -0.508 e. The third kappa shape index (κ3) is 4.34. The molecule has 0 radical (unpaired) electrons. The van der Waals surface area contributed by atoms with Gasteiger partial charge in [-0.1, -0.05) is 37.6 Å². The van der Waals surface area contributed by atoms with E-state index in [1.54, 1.807) is 36.4 Å². The molecule has 0 saturated heterocycles. The van der Waals surface area contributed by atoms with Crippen LogP contribution in [0, 0.1) is 0 Å². The van der Waals surface area contributed by atoms with E-state index in [-0.39, 0.29) is 17.1 Å². The second-order valence-corrected chi connectivity index (χ2v) is 8.34. The molecule has 172 valence electrons. The van der Waals surface area contributed by atoms with Crippen molar-refractivity contribution in [3.05, 3.63) is 76.2 Å². The molecule has 33 heavy (non-hydrogen) atoms. The number of halogens is 1. The molecule has 2 N–H and O–H groups in total. The quantitative estimate of drug-likeness (QED) is 0.465. The number of furan rings is 1. The van der Waals surface area contributed by atoms with Crippen LogP contribution >= 0.6 is 11.6 Å². The SMILES string of the molecule is CCN(CC)CCN1C(=O)C(O)=C(C(=O)c2cc3cc(Cl)ccc3o2)C1c1cccc(O)c1. The maximum Gasteiger partial charge on any atom is 0.290 e. The Morgan fingerprint density at radius 1 is 1.12 bits per heavy atom. The first-order valence-corrected chi connectivity index (χ1v) is 11.2. The van der Waals surface area contributed by atoms with Crippen molar-refractivity contribution < 1.29 is 24.2 Å². The number of aliphatic hydroxyl groups excluding tert-OH is 1. The van der Waals surface area contributed by atoms with Crippen LogP contribution < -0.4 is 0 Å². The number of phenolic OH excluding ortho intramolecular Hbond substituents is 1. The summed E-state index contributed by atoms with van der Waals surface area (Å²) in [5.74, 6) is -1.83. The number of Topliss-reactive ketones (excluding diaryl/α,β-unsaturated/α-hetero) is 1. The zero-order valence-corrected chi connectivity index (χ0v) is 19.2. The standard InChI is InChI=1S/C25H25ClN2O5/c1-3-27(4-2)10-11-28-22(15-6-5-7-18(29)13-15)21(24(31)25(28)32)23(30)20-14-16-12-17(26)8-9-19(16)33-20/h5-9,12-14,22,29,31H,3-4,10-11H2,1-2H3. The first kappa shape index (κ1) is 22.9. The number of benzene rings is 2. The normalized spacial score (nSPS) is 16.4. The number of fused-ring (bicyclic) bond motifs is 1. The Morgan fingerprint density at radius 3 is 2.58 bits per heavy atom. The summed E-state index contributed by atoms with van der Waals surface area (Å²) in [5.41, 5.74) is 0.921. The molecule has 0 bridgehead atoms. The number of carbonyl (C=O) groups excluding carboxylic acids is 2. The number of hydrogen-bond donors (Lipinski definition) is 2. The highest BCUT2D eigenvalue weighted by atomic mass is 35.5. The van der Waals surface area contributed by atoms with Crippen molar-refractivity contribution in [2.45, 2.75) is 19.9 Å². The highest BCUT2D eigenvalue weighted by Crippen LogP contribution is 2.40. The summed E-state index contributed by atoms with van der Waals surface area (Å²) in [6.07, 6.45) is 0. The van der Waals surface area contributed by atoms with Gasteiger partial charge in [0, 0.05) is 23.5 Å². The van der Waals surface area contributed by atoms with Gasteiger partial charge in [-0.05, 0) is 55.1 Å². The van der Waals surface area contributed by atoms with Crippen molar-refractivity contribution in [1.29, 1.82) is 0 Å². The van der Waals surface area contributed by atoms with E-state index in [1.807, 2.05) is 13.8 Å². The molecular formula is C25H25ClN2O5. The summed E-state index contributed by atoms with van der Waals surface area (Å²) in [6, 6.07) is 12.0. The molecule has 3 aromatic rings. The number of rotatable bonds is 8. The van der Waals surface area contributed by atoms with E-state index in [9.17, 15) is 19.8 Å². The number of aromatic hydroxyl groups is 1. The lowest BCUT2D eigenvalue weighted by Crippen LogP contribution is -2.38. The average molecular weight is 469 g/mol. The lowest BCUT2D eigenvalue weighted by Gasteiger charge is -2.29. The number of ketones is 1. The van der Waals surface area contributed by atoms with Crippen molar-refractivity contribution in [2.24, 2.45) is 0 Å². The Balaban J connectivity index is 1.76. The molecule has 0 saturated carbocycles. The number of hydrogen-bond acceptors (Lipinski definition) is 6. The van der Waals surface area contributed by atoms with Crippen LogP contribution in [-0.4, -0.2) is 57.9 Å². The molecule has 0 fully saturated rings. The predicted molar refractivity (Wildman–Crippen MR) is 126 cm³/mol. The molecule has 1 unspecified atom stereocenters. The Kier molecular flexibility index (Phi) is 6.44. The largest absolute Gasteiger partial charge is 0.508 e. The van der Waals surface area contributed by atoms with Gasteiger partial charge >= 0.3 is 0 Å². The van der Waals surface area contributed by atoms with E-state index in [0.29, 0.717) is 34.6 Å². The Labute approximate surface area is 196 Å². The summed E-state index contributed by atoms with van der Waals surface area (Å²) in [4.78, 5) is 30.2. The second kappa shape index (κ2) is 9.29. The van der Waals surface area contributed by atoms with Gasteiger partial charge in [-0.3, -0.25) is 9.59 Å². The minimum atomic E-state index is -0.857. The number of amides is 1. The molecule has 1 aliphatic heterocycles. The molecule has 4 rings (SSSR count). The smallest absolute Gasteiger partial charge is 0.290 e. The predicted octanol–water partition coefficient (Wildman–Crippen LogP) is 4.71. The van der Waals surface area contributed by atoms with E-state index in [0.717, 1.165) is 13.1 Å². The first-order valence-electron chi connectivity index (χ1n) is 10.8. The molecule has 1 aliphatic rings. The number of carbonyl (C=O) groups is 2. The van der Waals surface area contributed by atoms with E-state index in [2.05, 4.69) is 4.90 Å². The highest BCUT2D eigenvalue weighted by molar-refractivity contribution is 6.31. The number of phenols is 1. The van der Waals surface area contributed by atoms with Crippen LogP contribution in [0.25, 0.3) is 11.0 Å². The Hall–Kier alpha value is -3.29. The summed E-state index contributed by atoms with van der Waals surface area (Å²) < 4.78 is 5.72. The van der Waals surface area contributed by atoms with E-state index in [4.69, 9.17) is 16.0 Å². The zero-order valence-electron chi connectivity index (χ0n) is 18.4. The molecule has 8 heteroatoms. The number of aliphatic hydroxyl groups is 1. The molecule has 1 atom stereocenters. The topological polar surface area (TPSA) is 94.2 Å². The fraction of sp³-hybridized carbons (Fsp3) is 0.280. The van der Waals surface area contributed by atoms with Crippen LogP contribution in [0.4, 0.5) is 0 Å². The molecule has 7 nitrogen and oxygen atoms in total. The summed E-state index contributed by atoms with van der Waals surface area (Å²) in [6.45, 7) is 6.55. The van der Waals surface area contributed by atoms with Gasteiger partial charge < -0.3 is 24.4 Å². The summed E-state index contributed by atoms with van der Waals surface area (Å²) >= 11 is 6.04. The fourth-order valence-corrected chi connectivity index (χ4v) is 4.39. The maximum absolute atomic E-state index is 13.5. The maximum atomic E-state index is 13.5. The van der Waals surface area contributed by atoms with Gasteiger partial charge in [0.05, 0.1) is 11.6 Å². The van der Waals surface area contributed by atoms with Gasteiger partial charge in [-0.15, -0.1) is 0 Å². The third-order valence-corrected chi connectivity index (χ3v) is 6.22. The van der Waals surface area contributed by atoms with Crippen molar-refractivity contribution in [1.82, 2.24) is 9.80 Å². The van der Waals surface area contributed by atoms with Gasteiger partial charge in [-0.2, -0.15) is 0 Å². The van der Waals surface area contributed by atoms with Crippen LogP contribution in [-0.2, 0) is 4.79 Å². The molecule has 1 amide bonds. The molecule has 2 heterocycles. The Bertz CT molecular complexity index is 1240. The van der Waals surface area contributed by atoms with Gasteiger partial charge in [0.25, 0.3) is 5.91 Å². The first-order chi connectivity index (χ1) is 15.8. The molecule has 2 aromatic carbocycles. The van der Waals surface area contributed by atoms with Crippen molar-refractivity contribution in [3.63, 3.8) is 0 Å². The van der Waals surface area contributed by atoms with Crippen LogP contribution in [0.3, 0.4) is 0 Å². The summed E-state index contributed by atoms with van der Waals surface area (Å²) in [5, 5.41) is 22.0. The van der Waals surface area contributed by atoms with Crippen molar-refractivity contribution >= 4 is 34.3 Å². The monoisotopic (exact) mass is 468 g/mol. The minimum absolute atomic E-state index is 0.000194. The zero-order chi connectivity index (χ0) is 23.7. The number of likely N-dealkylation sites (N-methyl/N-ethyl adjacent to an activating group) is 1. The second-order valence-electron chi connectivity index (χ2n) is 7.91. The molecular weight excluding hydrogens is 444 g/mol. The van der Waals surface area contributed by atoms with E-state index >= 15 is 0 Å². The highest BCUT2D eigenvalue weighted by Gasteiger charge is 2.44. The third-order valence-electron chi connectivity index (χ3n) is 5.99. The van der Waals surface area contributed by atoms with Gasteiger partial charge in [0.2, 0.25) is 5.78 Å². The van der Waals surface area contributed by atoms with E-state index < -0.39 is 23.5 Å². The fourth-order valence-electron chi connectivity index (χ4n) is 4.21. The molecule has 0 spiro atoms. The molecule has 0 aliphatic carbocycles. The van der Waals surface area contributed by atoms with Crippen LogP contribution in [0.1, 0.15) is 36.0 Å². The van der Waals surface area contributed by atoms with Crippen LogP contribution in [0.2, 0.25) is 5.02 Å². The van der Waals surface area contributed by atoms with Gasteiger partial charge in [0.15, 0.2) is 11.5 Å². The molecule has 1 aromatic heterocycles. The van der Waals surface area contributed by atoms with E-state index in [1.165, 1.54) is 17.0 Å². The van der Waals surface area contributed by atoms with Gasteiger partial charge in [0.1, 0.15) is 11.3 Å². The Morgan fingerprint density at radius 2 is 1.88 bits per heavy atom.